The van der Waals surface area contributed by atoms with Crippen LogP contribution in [0.2, 0.25) is 0 Å². The molecule has 1 aliphatic rings. The smallest absolute Gasteiger partial charge is 0.417 e. The summed E-state index contributed by atoms with van der Waals surface area (Å²) < 4.78 is 24.3. The molecular formula is C18H27O4PS. The van der Waals surface area contributed by atoms with E-state index in [1.807, 2.05) is 26.0 Å². The van der Waals surface area contributed by atoms with Crippen molar-refractivity contribution in [3.05, 3.63) is 29.3 Å². The fourth-order valence-corrected chi connectivity index (χ4v) is 6.45. The number of unbranched alkanes of at least 4 members (excludes halogenated alkanes) is 1. The summed E-state index contributed by atoms with van der Waals surface area (Å²) in [5.41, 5.74) is 1.64. The van der Waals surface area contributed by atoms with Gasteiger partial charge in [-0.25, -0.2) is 4.57 Å². The Morgan fingerprint density at radius 1 is 1.25 bits per heavy atom. The fraction of sp³-hybridized carbons (Fsp3) is 0.611. The van der Waals surface area contributed by atoms with Crippen molar-refractivity contribution in [1.29, 1.82) is 0 Å². The zero-order valence-corrected chi connectivity index (χ0v) is 16.5. The molecular weight excluding hydrogens is 343 g/mol. The second kappa shape index (κ2) is 9.07. The quantitative estimate of drug-likeness (QED) is 0.458. The largest absolute Gasteiger partial charge is 0.440 e. The first-order valence-electron chi connectivity index (χ1n) is 8.79. The van der Waals surface area contributed by atoms with Gasteiger partial charge in [-0.1, -0.05) is 38.8 Å². The van der Waals surface area contributed by atoms with Crippen LogP contribution in [0.3, 0.4) is 0 Å². The lowest BCUT2D eigenvalue weighted by Crippen LogP contribution is -2.01. The summed E-state index contributed by atoms with van der Waals surface area (Å²) in [6.45, 7) is 3.06. The van der Waals surface area contributed by atoms with Crippen LogP contribution >= 0.6 is 18.2 Å². The number of hydrogen-bond donors (Lipinski definition) is 0. The summed E-state index contributed by atoms with van der Waals surface area (Å²) in [4.78, 5) is 12.3. The van der Waals surface area contributed by atoms with Crippen LogP contribution in [-0.2, 0) is 9.09 Å². The molecule has 0 aliphatic heterocycles. The lowest BCUT2D eigenvalue weighted by atomic mass is 9.95. The molecule has 0 radical (unpaired) electrons. The predicted octanol–water partition coefficient (Wildman–Crippen LogP) is 6.21. The molecule has 0 fully saturated rings. The summed E-state index contributed by atoms with van der Waals surface area (Å²) >= 11 is 1.23. The zero-order chi connectivity index (χ0) is 17.6. The Balaban J connectivity index is 2.30. The van der Waals surface area contributed by atoms with Crippen LogP contribution < -0.4 is 4.52 Å². The lowest BCUT2D eigenvalue weighted by Gasteiger charge is -2.21. The van der Waals surface area contributed by atoms with E-state index in [4.69, 9.17) is 9.05 Å². The Morgan fingerprint density at radius 3 is 2.71 bits per heavy atom. The van der Waals surface area contributed by atoms with Crippen LogP contribution in [0.1, 0.15) is 74.7 Å². The summed E-state index contributed by atoms with van der Waals surface area (Å²) in [5.74, 6) is 1.59. The molecule has 0 aromatic heterocycles. The summed E-state index contributed by atoms with van der Waals surface area (Å²) in [6.07, 6.45) is 4.54. The lowest BCUT2D eigenvalue weighted by molar-refractivity contribution is 0.0988. The van der Waals surface area contributed by atoms with E-state index in [1.54, 1.807) is 6.07 Å². The maximum atomic E-state index is 13.0. The molecule has 1 aromatic rings. The molecule has 2 rings (SSSR count). The van der Waals surface area contributed by atoms with E-state index < -0.39 is 6.80 Å². The predicted molar refractivity (Wildman–Crippen MR) is 100 cm³/mol. The minimum Gasteiger partial charge on any atom is -0.417 e. The van der Waals surface area contributed by atoms with Gasteiger partial charge in [0.25, 0.3) is 0 Å². The van der Waals surface area contributed by atoms with Crippen LogP contribution in [0.5, 0.6) is 5.75 Å². The monoisotopic (exact) mass is 370 g/mol. The molecule has 6 heteroatoms. The molecule has 0 saturated carbocycles. The van der Waals surface area contributed by atoms with Crippen molar-refractivity contribution in [2.45, 2.75) is 58.8 Å². The van der Waals surface area contributed by atoms with Crippen LogP contribution in [0.15, 0.2) is 18.2 Å². The van der Waals surface area contributed by atoms with Crippen molar-refractivity contribution in [2.75, 3.05) is 12.4 Å². The van der Waals surface area contributed by atoms with E-state index in [-0.39, 0.29) is 11.7 Å². The molecule has 24 heavy (non-hydrogen) atoms. The Morgan fingerprint density at radius 2 is 2.04 bits per heavy atom. The van der Waals surface area contributed by atoms with E-state index >= 15 is 0 Å². The van der Waals surface area contributed by atoms with Gasteiger partial charge < -0.3 is 4.52 Å². The number of fused-ring (bicyclic) bond motifs is 1. The van der Waals surface area contributed by atoms with Gasteiger partial charge in [0.1, 0.15) is 5.75 Å². The first kappa shape index (κ1) is 19.6. The summed E-state index contributed by atoms with van der Waals surface area (Å²) in [5, 5.41) is 0. The van der Waals surface area contributed by atoms with E-state index in [9.17, 15) is 9.36 Å². The molecule has 0 spiro atoms. The van der Waals surface area contributed by atoms with E-state index in [1.165, 1.54) is 11.4 Å². The highest BCUT2D eigenvalue weighted by Gasteiger charge is 2.35. The summed E-state index contributed by atoms with van der Waals surface area (Å²) in [7, 11) is 0. The molecule has 4 nitrogen and oxygen atoms in total. The van der Waals surface area contributed by atoms with Crippen molar-refractivity contribution in [3.8, 4) is 5.75 Å². The van der Waals surface area contributed by atoms with Gasteiger partial charge in [0, 0.05) is 23.3 Å². The number of Topliss-reactive ketones (excluding diaryl/α,β-unsaturated/α-hetero) is 1. The topological polar surface area (TPSA) is 52.6 Å². The van der Waals surface area contributed by atoms with E-state index in [0.717, 1.165) is 36.8 Å². The third kappa shape index (κ3) is 4.65. The van der Waals surface area contributed by atoms with Crippen LogP contribution in [0.4, 0.5) is 0 Å². The van der Waals surface area contributed by atoms with Crippen LogP contribution in [0, 0.1) is 0 Å². The van der Waals surface area contributed by atoms with Crippen molar-refractivity contribution >= 4 is 24.0 Å². The molecule has 0 N–H and O–H groups in total. The van der Waals surface area contributed by atoms with Gasteiger partial charge in [-0.2, -0.15) is 0 Å². The second-order valence-electron chi connectivity index (χ2n) is 5.97. The normalized spacial score (nSPS) is 19.1. The third-order valence-corrected chi connectivity index (χ3v) is 8.00. The van der Waals surface area contributed by atoms with Gasteiger partial charge in [-0.05, 0) is 43.1 Å². The van der Waals surface area contributed by atoms with Crippen LogP contribution in [0.25, 0.3) is 0 Å². The number of benzene rings is 1. The Hall–Kier alpha value is -0.770. The Labute approximate surface area is 149 Å². The molecule has 134 valence electrons. The molecule has 1 aliphatic carbocycles. The molecule has 2 unspecified atom stereocenters. The standard InChI is InChI=1S/C18H27O4PS/c1-4-7-9-14-13-16(19)15-10-8-11-17(18(14)15)22-23(20,21-6-3)24-12-5-2/h8,10-11,14H,4-7,9,12-13H2,1-3H3. The number of carbonyl (C=O) groups is 1. The zero-order valence-electron chi connectivity index (χ0n) is 14.7. The fourth-order valence-electron chi connectivity index (χ4n) is 2.99. The minimum absolute atomic E-state index is 0.156. The highest BCUT2D eigenvalue weighted by Crippen LogP contribution is 2.61. The van der Waals surface area contributed by atoms with Gasteiger partial charge in [-0.3, -0.25) is 9.32 Å². The van der Waals surface area contributed by atoms with Crippen LogP contribution in [-0.4, -0.2) is 18.1 Å². The van der Waals surface area contributed by atoms with Gasteiger partial charge in [0.05, 0.1) is 6.61 Å². The SMILES string of the molecule is CCCCC1CC(=O)c2cccc(OP(=O)(OCC)SCCC)c21. The van der Waals surface area contributed by atoms with Crippen molar-refractivity contribution in [3.63, 3.8) is 0 Å². The van der Waals surface area contributed by atoms with E-state index in [0.29, 0.717) is 24.5 Å². The van der Waals surface area contributed by atoms with Gasteiger partial charge in [-0.15, -0.1) is 0 Å². The van der Waals surface area contributed by atoms with Gasteiger partial charge in [0.2, 0.25) is 0 Å². The maximum absolute atomic E-state index is 13.0. The number of rotatable bonds is 10. The number of hydrogen-bond acceptors (Lipinski definition) is 5. The highest BCUT2D eigenvalue weighted by molar-refractivity contribution is 8.55. The van der Waals surface area contributed by atoms with Crippen molar-refractivity contribution in [1.82, 2.24) is 0 Å². The average Bonchev–Trinajstić information content (AvgIpc) is 2.89. The molecule has 0 saturated heterocycles. The first-order valence-corrected chi connectivity index (χ1v) is 11.9. The number of ketones is 1. The highest BCUT2D eigenvalue weighted by atomic mass is 32.7. The molecule has 1 aromatic carbocycles. The Kier molecular flexibility index (Phi) is 7.39. The first-order chi connectivity index (χ1) is 11.5. The average molecular weight is 370 g/mol. The maximum Gasteiger partial charge on any atom is 0.440 e. The van der Waals surface area contributed by atoms with Gasteiger partial charge in [0.15, 0.2) is 5.78 Å². The number of carbonyl (C=O) groups excluding carboxylic acids is 1. The summed E-state index contributed by atoms with van der Waals surface area (Å²) in [6, 6.07) is 5.46. The molecule has 0 amide bonds. The van der Waals surface area contributed by atoms with Crippen molar-refractivity contribution < 1.29 is 18.4 Å². The molecule has 0 bridgehead atoms. The minimum atomic E-state index is -3.26. The van der Waals surface area contributed by atoms with Crippen molar-refractivity contribution in [2.24, 2.45) is 0 Å². The second-order valence-corrected chi connectivity index (χ2v) is 10.1. The van der Waals surface area contributed by atoms with E-state index in [2.05, 4.69) is 6.92 Å². The Bertz CT molecular complexity index is 617. The molecule has 2 atom stereocenters. The molecule has 0 heterocycles. The third-order valence-electron chi connectivity index (χ3n) is 4.06. The van der Waals surface area contributed by atoms with Gasteiger partial charge >= 0.3 is 6.80 Å².